The van der Waals surface area contributed by atoms with Crippen molar-refractivity contribution in [3.63, 3.8) is 0 Å². The third-order valence-corrected chi connectivity index (χ3v) is 5.52. The van der Waals surface area contributed by atoms with E-state index in [9.17, 15) is 0 Å². The summed E-state index contributed by atoms with van der Waals surface area (Å²) in [6, 6.07) is 18.0. The quantitative estimate of drug-likeness (QED) is 0.403. The summed E-state index contributed by atoms with van der Waals surface area (Å²) in [4.78, 5) is 0. The van der Waals surface area contributed by atoms with Crippen molar-refractivity contribution < 1.29 is 4.74 Å². The Morgan fingerprint density at radius 3 is 2.58 bits per heavy atom. The Labute approximate surface area is 162 Å². The molecule has 1 saturated carbocycles. The van der Waals surface area contributed by atoms with Gasteiger partial charge in [-0.15, -0.1) is 10.2 Å². The lowest BCUT2D eigenvalue weighted by Gasteiger charge is -2.11. The summed E-state index contributed by atoms with van der Waals surface area (Å²) in [5, 5.41) is 10.5. The lowest BCUT2D eigenvalue weighted by molar-refractivity contribution is 0.344. The van der Waals surface area contributed by atoms with E-state index in [1.165, 1.54) is 18.4 Å². The standard InChI is InChI=1S/C20H20ClN3OS/c21-17-8-4-5-9-18(17)25-12-13-26-20-23-22-19(16-10-11-16)24(20)14-15-6-2-1-3-7-15/h1-9,16H,10-14H2. The van der Waals surface area contributed by atoms with Crippen LogP contribution in [0.5, 0.6) is 5.75 Å². The zero-order valence-corrected chi connectivity index (χ0v) is 15.9. The minimum Gasteiger partial charge on any atom is -0.491 e. The fourth-order valence-corrected chi connectivity index (χ4v) is 3.76. The first-order valence-electron chi connectivity index (χ1n) is 8.78. The van der Waals surface area contributed by atoms with Crippen LogP contribution < -0.4 is 4.74 Å². The van der Waals surface area contributed by atoms with E-state index in [0.717, 1.165) is 29.0 Å². The lowest BCUT2D eigenvalue weighted by Crippen LogP contribution is -2.07. The maximum absolute atomic E-state index is 6.12. The van der Waals surface area contributed by atoms with Crippen LogP contribution in [0.15, 0.2) is 59.8 Å². The maximum atomic E-state index is 6.12. The second kappa shape index (κ2) is 8.14. The van der Waals surface area contributed by atoms with Gasteiger partial charge in [-0.1, -0.05) is 65.8 Å². The largest absolute Gasteiger partial charge is 0.491 e. The number of hydrogen-bond acceptors (Lipinski definition) is 4. The first-order chi connectivity index (χ1) is 12.8. The smallest absolute Gasteiger partial charge is 0.191 e. The van der Waals surface area contributed by atoms with Crippen LogP contribution in [0.4, 0.5) is 0 Å². The second-order valence-electron chi connectivity index (χ2n) is 6.31. The Bertz CT molecular complexity index is 865. The predicted octanol–water partition coefficient (Wildman–Crippen LogP) is 5.03. The Balaban J connectivity index is 1.40. The van der Waals surface area contributed by atoms with Crippen LogP contribution in [-0.2, 0) is 6.54 Å². The molecule has 0 bridgehead atoms. The Kier molecular flexibility index (Phi) is 5.46. The van der Waals surface area contributed by atoms with Crippen LogP contribution in [0.2, 0.25) is 5.02 Å². The van der Waals surface area contributed by atoms with Crippen molar-refractivity contribution >= 4 is 23.4 Å². The van der Waals surface area contributed by atoms with Crippen molar-refractivity contribution in [1.29, 1.82) is 0 Å². The van der Waals surface area contributed by atoms with Crippen LogP contribution in [0.25, 0.3) is 0 Å². The minimum absolute atomic E-state index is 0.569. The van der Waals surface area contributed by atoms with Gasteiger partial charge in [-0.25, -0.2) is 0 Å². The average Bonchev–Trinajstić information content (AvgIpc) is 3.44. The molecule has 0 N–H and O–H groups in total. The van der Waals surface area contributed by atoms with Gasteiger partial charge in [0.1, 0.15) is 11.6 Å². The summed E-state index contributed by atoms with van der Waals surface area (Å²) in [5.41, 5.74) is 1.27. The van der Waals surface area contributed by atoms with Gasteiger partial charge in [-0.3, -0.25) is 0 Å². The lowest BCUT2D eigenvalue weighted by atomic mass is 10.2. The van der Waals surface area contributed by atoms with Gasteiger partial charge in [0.25, 0.3) is 0 Å². The minimum atomic E-state index is 0.569. The molecule has 0 atom stereocenters. The molecule has 6 heteroatoms. The molecule has 4 rings (SSSR count). The van der Waals surface area contributed by atoms with E-state index in [0.29, 0.717) is 17.5 Å². The van der Waals surface area contributed by atoms with Gasteiger partial charge >= 0.3 is 0 Å². The predicted molar refractivity (Wildman–Crippen MR) is 105 cm³/mol. The van der Waals surface area contributed by atoms with Gasteiger partial charge in [-0.05, 0) is 30.5 Å². The molecule has 134 valence electrons. The van der Waals surface area contributed by atoms with Crippen LogP contribution in [0.3, 0.4) is 0 Å². The highest BCUT2D eigenvalue weighted by Gasteiger charge is 2.30. The summed E-state index contributed by atoms with van der Waals surface area (Å²) < 4.78 is 8.03. The number of hydrogen-bond donors (Lipinski definition) is 0. The molecule has 2 aromatic carbocycles. The van der Waals surface area contributed by atoms with Gasteiger partial charge in [0, 0.05) is 11.7 Å². The Hall–Kier alpha value is -1.98. The molecular weight excluding hydrogens is 366 g/mol. The fourth-order valence-electron chi connectivity index (χ4n) is 2.81. The van der Waals surface area contributed by atoms with Crippen LogP contribution in [-0.4, -0.2) is 27.1 Å². The number of aromatic nitrogens is 3. The molecule has 0 amide bonds. The number of para-hydroxylation sites is 1. The first-order valence-corrected chi connectivity index (χ1v) is 10.1. The van der Waals surface area contributed by atoms with Crippen LogP contribution in [0, 0.1) is 0 Å². The van der Waals surface area contributed by atoms with Gasteiger partial charge < -0.3 is 9.30 Å². The number of rotatable bonds is 8. The molecule has 0 saturated heterocycles. The van der Waals surface area contributed by atoms with Gasteiger partial charge in [0.15, 0.2) is 5.16 Å². The van der Waals surface area contributed by atoms with E-state index < -0.39 is 0 Å². The molecule has 0 unspecified atom stereocenters. The number of benzene rings is 2. The third kappa shape index (κ3) is 4.22. The number of thioether (sulfide) groups is 1. The molecule has 1 aliphatic rings. The monoisotopic (exact) mass is 385 g/mol. The second-order valence-corrected chi connectivity index (χ2v) is 7.78. The van der Waals surface area contributed by atoms with Crippen molar-refractivity contribution in [2.24, 2.45) is 0 Å². The van der Waals surface area contributed by atoms with Crippen molar-refractivity contribution in [1.82, 2.24) is 14.8 Å². The van der Waals surface area contributed by atoms with Crippen molar-refractivity contribution in [2.45, 2.75) is 30.5 Å². The average molecular weight is 386 g/mol. The highest BCUT2D eigenvalue weighted by molar-refractivity contribution is 7.99. The molecular formula is C20H20ClN3OS. The summed E-state index contributed by atoms with van der Waals surface area (Å²) in [6.45, 7) is 1.39. The highest BCUT2D eigenvalue weighted by atomic mass is 35.5. The summed E-state index contributed by atoms with van der Waals surface area (Å²) in [5.74, 6) is 3.20. The first kappa shape index (κ1) is 17.4. The number of nitrogens with zero attached hydrogens (tertiary/aromatic N) is 3. The molecule has 1 aliphatic carbocycles. The number of ether oxygens (including phenoxy) is 1. The molecule has 1 fully saturated rings. The molecule has 0 radical (unpaired) electrons. The van der Waals surface area contributed by atoms with Crippen molar-refractivity contribution in [3.8, 4) is 5.75 Å². The van der Waals surface area contributed by atoms with Crippen molar-refractivity contribution in [2.75, 3.05) is 12.4 Å². The molecule has 0 aliphatic heterocycles. The van der Waals surface area contributed by atoms with Crippen LogP contribution >= 0.6 is 23.4 Å². The normalized spacial score (nSPS) is 13.7. The molecule has 0 spiro atoms. The highest BCUT2D eigenvalue weighted by Crippen LogP contribution is 2.40. The van der Waals surface area contributed by atoms with Gasteiger partial charge in [0.2, 0.25) is 0 Å². The van der Waals surface area contributed by atoms with E-state index in [-0.39, 0.29) is 0 Å². The van der Waals surface area contributed by atoms with E-state index >= 15 is 0 Å². The van der Waals surface area contributed by atoms with Gasteiger partial charge in [-0.2, -0.15) is 0 Å². The Morgan fingerprint density at radius 2 is 1.81 bits per heavy atom. The van der Waals surface area contributed by atoms with E-state index in [4.69, 9.17) is 16.3 Å². The van der Waals surface area contributed by atoms with Crippen molar-refractivity contribution in [3.05, 3.63) is 71.0 Å². The molecule has 26 heavy (non-hydrogen) atoms. The SMILES string of the molecule is Clc1ccccc1OCCSc1nnc(C2CC2)n1Cc1ccccc1. The zero-order chi connectivity index (χ0) is 17.8. The summed E-state index contributed by atoms with van der Waals surface area (Å²) in [6.07, 6.45) is 2.43. The zero-order valence-electron chi connectivity index (χ0n) is 14.3. The van der Waals surface area contributed by atoms with Gasteiger partial charge in [0.05, 0.1) is 18.2 Å². The van der Waals surface area contributed by atoms with E-state index in [1.54, 1.807) is 11.8 Å². The third-order valence-electron chi connectivity index (χ3n) is 4.28. The summed E-state index contributed by atoms with van der Waals surface area (Å²) in [7, 11) is 0. The van der Waals surface area contributed by atoms with Crippen LogP contribution in [0.1, 0.15) is 30.1 Å². The number of halogens is 1. The maximum Gasteiger partial charge on any atom is 0.191 e. The topological polar surface area (TPSA) is 39.9 Å². The molecule has 1 heterocycles. The van der Waals surface area contributed by atoms with E-state index in [1.807, 2.05) is 30.3 Å². The summed E-state index contributed by atoms with van der Waals surface area (Å²) >= 11 is 7.80. The molecule has 1 aromatic heterocycles. The van der Waals surface area contributed by atoms with E-state index in [2.05, 4.69) is 39.0 Å². The fraction of sp³-hybridized carbons (Fsp3) is 0.300. The molecule has 4 nitrogen and oxygen atoms in total. The Morgan fingerprint density at radius 1 is 1.04 bits per heavy atom. The molecule has 3 aromatic rings.